The van der Waals surface area contributed by atoms with Crippen LogP contribution >= 0.6 is 11.3 Å². The minimum absolute atomic E-state index is 0.205. The molecule has 1 aromatic rings. The third-order valence-corrected chi connectivity index (χ3v) is 5.04. The van der Waals surface area contributed by atoms with E-state index in [1.165, 1.54) is 9.88 Å². The average molecular weight is 281 g/mol. The molecular weight excluding hydrogens is 254 g/mol. The van der Waals surface area contributed by atoms with Crippen LogP contribution in [0.1, 0.15) is 44.5 Å². The highest BCUT2D eigenvalue weighted by molar-refractivity contribution is 7.11. The monoisotopic (exact) mass is 281 g/mol. The zero-order valence-corrected chi connectivity index (χ0v) is 13.7. The molecule has 2 rings (SSSR count). The van der Waals surface area contributed by atoms with Gasteiger partial charge in [-0.1, -0.05) is 20.8 Å². The van der Waals surface area contributed by atoms with Crippen molar-refractivity contribution in [3.05, 3.63) is 16.1 Å². The highest BCUT2D eigenvalue weighted by Crippen LogP contribution is 2.24. The quantitative estimate of drug-likeness (QED) is 0.920. The SMILES string of the molecule is CCc1cnc(CN2CC(C)(C)NCC2C(C)C)s1. The van der Waals surface area contributed by atoms with Crippen molar-refractivity contribution in [2.45, 2.75) is 59.2 Å². The van der Waals surface area contributed by atoms with Gasteiger partial charge in [0.1, 0.15) is 5.01 Å². The predicted molar refractivity (Wildman–Crippen MR) is 82.6 cm³/mol. The van der Waals surface area contributed by atoms with Gasteiger partial charge in [0.25, 0.3) is 0 Å². The van der Waals surface area contributed by atoms with Gasteiger partial charge in [-0.05, 0) is 26.2 Å². The number of piperazine rings is 1. The Bertz CT molecular complexity index is 411. The Kier molecular flexibility index (Phi) is 4.64. The van der Waals surface area contributed by atoms with E-state index in [1.54, 1.807) is 0 Å². The van der Waals surface area contributed by atoms with Crippen LogP contribution in [0.25, 0.3) is 0 Å². The molecule has 2 heterocycles. The van der Waals surface area contributed by atoms with Crippen LogP contribution in [0, 0.1) is 5.92 Å². The van der Waals surface area contributed by atoms with Crippen LogP contribution in [-0.4, -0.2) is 34.6 Å². The Morgan fingerprint density at radius 3 is 2.84 bits per heavy atom. The predicted octanol–water partition coefficient (Wildman–Crippen LogP) is 2.91. The zero-order valence-electron chi connectivity index (χ0n) is 12.9. The third kappa shape index (κ3) is 3.77. The number of aryl methyl sites for hydroxylation is 1. The molecule has 0 aromatic carbocycles. The largest absolute Gasteiger partial charge is 0.309 e. The van der Waals surface area contributed by atoms with Crippen LogP contribution in [0.2, 0.25) is 0 Å². The van der Waals surface area contributed by atoms with E-state index in [0.29, 0.717) is 12.0 Å². The first-order valence-corrected chi connectivity index (χ1v) is 8.15. The fourth-order valence-corrected chi connectivity index (χ4v) is 3.67. The molecule has 19 heavy (non-hydrogen) atoms. The number of rotatable bonds is 4. The molecule has 1 unspecified atom stereocenters. The number of nitrogens with one attached hydrogen (secondary N) is 1. The van der Waals surface area contributed by atoms with E-state index >= 15 is 0 Å². The van der Waals surface area contributed by atoms with Crippen LogP contribution in [0.15, 0.2) is 6.20 Å². The molecule has 0 spiro atoms. The molecule has 1 aliphatic heterocycles. The fourth-order valence-electron chi connectivity index (χ4n) is 2.78. The number of hydrogen-bond donors (Lipinski definition) is 1. The van der Waals surface area contributed by atoms with E-state index in [1.807, 2.05) is 17.5 Å². The van der Waals surface area contributed by atoms with Gasteiger partial charge >= 0.3 is 0 Å². The molecule has 1 fully saturated rings. The number of aromatic nitrogens is 1. The normalized spacial score (nSPS) is 24.0. The summed E-state index contributed by atoms with van der Waals surface area (Å²) in [6.45, 7) is 14.6. The summed E-state index contributed by atoms with van der Waals surface area (Å²) in [7, 11) is 0. The third-order valence-electron chi connectivity index (χ3n) is 3.91. The van der Waals surface area contributed by atoms with E-state index in [0.717, 1.165) is 26.1 Å². The highest BCUT2D eigenvalue weighted by atomic mass is 32.1. The second-order valence-electron chi connectivity index (χ2n) is 6.55. The Morgan fingerprint density at radius 2 is 2.26 bits per heavy atom. The second kappa shape index (κ2) is 5.90. The van der Waals surface area contributed by atoms with Gasteiger partial charge in [-0.15, -0.1) is 11.3 Å². The zero-order chi connectivity index (χ0) is 14.0. The molecular formula is C15H27N3S. The molecule has 4 heteroatoms. The van der Waals surface area contributed by atoms with E-state index in [2.05, 4.69) is 49.8 Å². The van der Waals surface area contributed by atoms with Crippen LogP contribution in [0.5, 0.6) is 0 Å². The fraction of sp³-hybridized carbons (Fsp3) is 0.800. The van der Waals surface area contributed by atoms with Gasteiger partial charge < -0.3 is 5.32 Å². The summed E-state index contributed by atoms with van der Waals surface area (Å²) in [4.78, 5) is 8.58. The van der Waals surface area contributed by atoms with Crippen molar-refractivity contribution in [2.24, 2.45) is 5.92 Å². The molecule has 1 aliphatic rings. The maximum absolute atomic E-state index is 4.58. The van der Waals surface area contributed by atoms with Crippen molar-refractivity contribution in [3.8, 4) is 0 Å². The topological polar surface area (TPSA) is 28.2 Å². The number of nitrogens with zero attached hydrogens (tertiary/aromatic N) is 2. The maximum Gasteiger partial charge on any atom is 0.107 e. The summed E-state index contributed by atoms with van der Waals surface area (Å²) in [5, 5.41) is 4.93. The summed E-state index contributed by atoms with van der Waals surface area (Å²) in [5.41, 5.74) is 0.205. The lowest BCUT2D eigenvalue weighted by Crippen LogP contribution is -2.62. The molecule has 1 saturated heterocycles. The summed E-state index contributed by atoms with van der Waals surface area (Å²) in [5.74, 6) is 0.675. The van der Waals surface area contributed by atoms with Gasteiger partial charge in [0.15, 0.2) is 0 Å². The second-order valence-corrected chi connectivity index (χ2v) is 7.75. The summed E-state index contributed by atoms with van der Waals surface area (Å²) in [6.07, 6.45) is 3.13. The first kappa shape index (κ1) is 14.9. The van der Waals surface area contributed by atoms with Gasteiger partial charge in [-0.25, -0.2) is 4.98 Å². The average Bonchev–Trinajstić information content (AvgIpc) is 2.75. The molecule has 1 atom stereocenters. The molecule has 3 nitrogen and oxygen atoms in total. The first-order valence-electron chi connectivity index (χ1n) is 7.34. The lowest BCUT2D eigenvalue weighted by molar-refractivity contribution is 0.0627. The van der Waals surface area contributed by atoms with Crippen molar-refractivity contribution in [2.75, 3.05) is 13.1 Å². The van der Waals surface area contributed by atoms with Gasteiger partial charge in [0.2, 0.25) is 0 Å². The van der Waals surface area contributed by atoms with Gasteiger partial charge in [0, 0.05) is 35.7 Å². The van der Waals surface area contributed by atoms with Crippen LogP contribution in [0.4, 0.5) is 0 Å². The Labute approximate surface area is 121 Å². The van der Waals surface area contributed by atoms with Gasteiger partial charge in [0.05, 0.1) is 6.54 Å². The first-order chi connectivity index (χ1) is 8.91. The molecule has 0 bridgehead atoms. The summed E-state index contributed by atoms with van der Waals surface area (Å²) < 4.78 is 0. The molecule has 0 radical (unpaired) electrons. The van der Waals surface area contributed by atoms with Crippen LogP contribution < -0.4 is 5.32 Å². The molecule has 0 amide bonds. The lowest BCUT2D eigenvalue weighted by atomic mass is 9.93. The Hall–Kier alpha value is -0.450. The van der Waals surface area contributed by atoms with Crippen molar-refractivity contribution in [1.82, 2.24) is 15.2 Å². The maximum atomic E-state index is 4.58. The van der Waals surface area contributed by atoms with Crippen LogP contribution in [-0.2, 0) is 13.0 Å². The van der Waals surface area contributed by atoms with Crippen molar-refractivity contribution < 1.29 is 0 Å². The molecule has 108 valence electrons. The van der Waals surface area contributed by atoms with Crippen molar-refractivity contribution in [3.63, 3.8) is 0 Å². The minimum Gasteiger partial charge on any atom is -0.309 e. The molecule has 0 aliphatic carbocycles. The van der Waals surface area contributed by atoms with Gasteiger partial charge in [-0.2, -0.15) is 0 Å². The van der Waals surface area contributed by atoms with Crippen LogP contribution in [0.3, 0.4) is 0 Å². The van der Waals surface area contributed by atoms with E-state index in [-0.39, 0.29) is 5.54 Å². The van der Waals surface area contributed by atoms with Crippen molar-refractivity contribution in [1.29, 1.82) is 0 Å². The van der Waals surface area contributed by atoms with E-state index in [4.69, 9.17) is 0 Å². The lowest BCUT2D eigenvalue weighted by Gasteiger charge is -2.46. The molecule has 1 N–H and O–H groups in total. The molecule has 1 aromatic heterocycles. The van der Waals surface area contributed by atoms with E-state index in [9.17, 15) is 0 Å². The van der Waals surface area contributed by atoms with E-state index < -0.39 is 0 Å². The molecule has 0 saturated carbocycles. The van der Waals surface area contributed by atoms with Gasteiger partial charge in [-0.3, -0.25) is 4.90 Å². The summed E-state index contributed by atoms with van der Waals surface area (Å²) in [6, 6.07) is 0.613. The standard InChI is InChI=1S/C15H27N3S/c1-6-12-7-16-14(19-12)9-18-10-15(4,5)17-8-13(18)11(2)3/h7,11,13,17H,6,8-10H2,1-5H3. The minimum atomic E-state index is 0.205. The van der Waals surface area contributed by atoms with Crippen molar-refractivity contribution >= 4 is 11.3 Å². The summed E-state index contributed by atoms with van der Waals surface area (Å²) >= 11 is 1.87. The number of thiazole rings is 1. The Morgan fingerprint density at radius 1 is 1.53 bits per heavy atom. The Balaban J connectivity index is 2.09. The highest BCUT2D eigenvalue weighted by Gasteiger charge is 2.34. The smallest absolute Gasteiger partial charge is 0.107 e. The number of hydrogen-bond acceptors (Lipinski definition) is 4.